The van der Waals surface area contributed by atoms with E-state index in [1.54, 1.807) is 0 Å². The number of benzene rings is 2. The van der Waals surface area contributed by atoms with Gasteiger partial charge in [-0.3, -0.25) is 4.79 Å². The van der Waals surface area contributed by atoms with Crippen LogP contribution in [0.3, 0.4) is 0 Å². The Morgan fingerprint density at radius 2 is 1.58 bits per heavy atom. The Morgan fingerprint density at radius 3 is 2.06 bits per heavy atom. The molecule has 1 fully saturated rings. The minimum Gasteiger partial charge on any atom is -0.480 e. The first kappa shape index (κ1) is 22.8. The Hall–Kier alpha value is -3.35. The van der Waals surface area contributed by atoms with Crippen LogP contribution in [0, 0.1) is 5.41 Å². The van der Waals surface area contributed by atoms with E-state index in [1.165, 1.54) is 0 Å². The Labute approximate surface area is 193 Å². The molecule has 0 spiro atoms. The number of fused-ring (bicyclic) bond motifs is 3. The fraction of sp³-hybridized carbons (Fsp3) is 0.423. The van der Waals surface area contributed by atoms with Crippen molar-refractivity contribution in [3.05, 3.63) is 59.7 Å². The maximum Gasteiger partial charge on any atom is 0.408 e. The van der Waals surface area contributed by atoms with Gasteiger partial charge in [0.25, 0.3) is 0 Å². The Balaban J connectivity index is 1.38. The van der Waals surface area contributed by atoms with Crippen molar-refractivity contribution >= 4 is 18.0 Å². The molecule has 174 valence electrons. The van der Waals surface area contributed by atoms with Crippen LogP contribution in [-0.4, -0.2) is 41.3 Å². The second kappa shape index (κ2) is 8.54. The van der Waals surface area contributed by atoms with Gasteiger partial charge >= 0.3 is 12.1 Å². The lowest BCUT2D eigenvalue weighted by Gasteiger charge is -2.26. The van der Waals surface area contributed by atoms with Crippen LogP contribution in [0.5, 0.6) is 0 Å². The van der Waals surface area contributed by atoms with Gasteiger partial charge in [0.15, 0.2) is 0 Å². The highest BCUT2D eigenvalue weighted by Gasteiger charge is 2.52. The summed E-state index contributed by atoms with van der Waals surface area (Å²) in [7, 11) is 0. The van der Waals surface area contributed by atoms with Gasteiger partial charge in [-0.05, 0) is 46.9 Å². The third-order valence-corrected chi connectivity index (χ3v) is 6.29. The lowest BCUT2D eigenvalue weighted by atomic mass is 9.88. The largest absolute Gasteiger partial charge is 0.480 e. The molecule has 7 heteroatoms. The predicted octanol–water partition coefficient (Wildman–Crippen LogP) is 4.06. The highest BCUT2D eigenvalue weighted by atomic mass is 16.5. The SMILES string of the molecule is CC(C)(C)CC(NC(=O)C1(NC(=O)OCC2c3ccccc3-c3ccccc32)CC1)C(=O)O. The quantitative estimate of drug-likeness (QED) is 0.590. The van der Waals surface area contributed by atoms with Gasteiger partial charge in [-0.25, -0.2) is 9.59 Å². The van der Waals surface area contributed by atoms with Crippen LogP contribution >= 0.6 is 0 Å². The molecule has 33 heavy (non-hydrogen) atoms. The molecule has 0 aromatic heterocycles. The normalized spacial score (nSPS) is 16.8. The van der Waals surface area contributed by atoms with Gasteiger partial charge in [0.2, 0.25) is 5.91 Å². The summed E-state index contributed by atoms with van der Waals surface area (Å²) < 4.78 is 5.55. The van der Waals surface area contributed by atoms with E-state index in [1.807, 2.05) is 57.2 Å². The van der Waals surface area contributed by atoms with E-state index in [2.05, 4.69) is 22.8 Å². The molecular weight excluding hydrogens is 420 g/mol. The predicted molar refractivity (Wildman–Crippen MR) is 124 cm³/mol. The maximum absolute atomic E-state index is 12.8. The Bertz CT molecular complexity index is 1040. The molecule has 0 heterocycles. The first-order valence-electron chi connectivity index (χ1n) is 11.3. The smallest absolute Gasteiger partial charge is 0.408 e. The molecule has 3 N–H and O–H groups in total. The van der Waals surface area contributed by atoms with E-state index >= 15 is 0 Å². The first-order chi connectivity index (χ1) is 15.6. The van der Waals surface area contributed by atoms with Crippen molar-refractivity contribution in [1.29, 1.82) is 0 Å². The molecule has 0 radical (unpaired) electrons. The number of rotatable bonds is 7. The molecule has 7 nitrogen and oxygen atoms in total. The van der Waals surface area contributed by atoms with Crippen molar-refractivity contribution in [2.75, 3.05) is 6.61 Å². The van der Waals surface area contributed by atoms with E-state index in [4.69, 9.17) is 4.74 Å². The number of hydrogen-bond donors (Lipinski definition) is 3. The average molecular weight is 451 g/mol. The average Bonchev–Trinajstić information content (AvgIpc) is 3.46. The first-order valence-corrected chi connectivity index (χ1v) is 11.3. The Morgan fingerprint density at radius 1 is 1.03 bits per heavy atom. The maximum atomic E-state index is 12.8. The zero-order valence-electron chi connectivity index (χ0n) is 19.2. The molecule has 2 aliphatic carbocycles. The molecule has 0 aliphatic heterocycles. The second-order valence-corrected chi connectivity index (χ2v) is 10.2. The van der Waals surface area contributed by atoms with Crippen LogP contribution < -0.4 is 10.6 Å². The van der Waals surface area contributed by atoms with E-state index in [0.717, 1.165) is 22.3 Å². The molecule has 1 unspecified atom stereocenters. The summed E-state index contributed by atoms with van der Waals surface area (Å²) in [5, 5.41) is 14.8. The minimum absolute atomic E-state index is 0.0738. The highest BCUT2D eigenvalue weighted by molar-refractivity contribution is 5.95. The molecule has 4 rings (SSSR count). The summed E-state index contributed by atoms with van der Waals surface area (Å²) in [4.78, 5) is 37.0. The van der Waals surface area contributed by atoms with Gasteiger partial charge in [0.1, 0.15) is 18.2 Å². The monoisotopic (exact) mass is 450 g/mol. The van der Waals surface area contributed by atoms with Crippen LogP contribution in [0.1, 0.15) is 57.1 Å². The summed E-state index contributed by atoms with van der Waals surface area (Å²) in [6, 6.07) is 15.1. The van der Waals surface area contributed by atoms with Crippen molar-refractivity contribution in [1.82, 2.24) is 10.6 Å². The number of hydrogen-bond acceptors (Lipinski definition) is 4. The van der Waals surface area contributed by atoms with Crippen LogP contribution in [0.25, 0.3) is 11.1 Å². The number of amides is 2. The van der Waals surface area contributed by atoms with Crippen molar-refractivity contribution < 1.29 is 24.2 Å². The van der Waals surface area contributed by atoms with Crippen molar-refractivity contribution in [2.24, 2.45) is 5.41 Å². The van der Waals surface area contributed by atoms with Gasteiger partial charge < -0.3 is 20.5 Å². The standard InChI is InChI=1S/C26H30N2O5/c1-25(2,3)14-21(22(29)30)27-23(31)26(12-13-26)28-24(32)33-15-20-18-10-6-4-8-16(18)17-9-5-7-11-19(17)20/h4-11,20-21H,12-15H2,1-3H3,(H,27,31)(H,28,32)(H,29,30). The van der Waals surface area contributed by atoms with Gasteiger partial charge in [-0.15, -0.1) is 0 Å². The molecule has 0 bridgehead atoms. The van der Waals surface area contributed by atoms with Gasteiger partial charge in [-0.1, -0.05) is 69.3 Å². The highest BCUT2D eigenvalue weighted by Crippen LogP contribution is 2.44. The molecule has 1 atom stereocenters. The van der Waals surface area contributed by atoms with Gasteiger partial charge in [0.05, 0.1) is 0 Å². The molecule has 2 amide bonds. The summed E-state index contributed by atoms with van der Waals surface area (Å²) >= 11 is 0. The third kappa shape index (κ3) is 4.87. The molecule has 2 aliphatic rings. The number of carbonyl (C=O) groups excluding carboxylic acids is 2. The van der Waals surface area contributed by atoms with E-state index in [0.29, 0.717) is 12.8 Å². The van der Waals surface area contributed by atoms with E-state index in [9.17, 15) is 19.5 Å². The van der Waals surface area contributed by atoms with Gasteiger partial charge in [0, 0.05) is 5.92 Å². The van der Waals surface area contributed by atoms with E-state index in [-0.39, 0.29) is 24.4 Å². The van der Waals surface area contributed by atoms with Crippen LogP contribution in [0.2, 0.25) is 0 Å². The number of nitrogens with one attached hydrogen (secondary N) is 2. The van der Waals surface area contributed by atoms with Crippen LogP contribution in [0.15, 0.2) is 48.5 Å². The minimum atomic E-state index is -1.10. The zero-order chi connectivity index (χ0) is 23.8. The number of ether oxygens (including phenoxy) is 1. The summed E-state index contributed by atoms with van der Waals surface area (Å²) in [5.41, 5.74) is 3.12. The molecule has 1 saturated carbocycles. The van der Waals surface area contributed by atoms with Crippen molar-refractivity contribution in [2.45, 2.75) is 57.5 Å². The number of aliphatic carboxylic acids is 1. The fourth-order valence-corrected chi connectivity index (χ4v) is 4.47. The van der Waals surface area contributed by atoms with Crippen LogP contribution in [-0.2, 0) is 14.3 Å². The number of carboxylic acid groups (broad SMARTS) is 1. The lowest BCUT2D eigenvalue weighted by molar-refractivity contribution is -0.143. The third-order valence-electron chi connectivity index (χ3n) is 6.29. The lowest BCUT2D eigenvalue weighted by Crippen LogP contribution is -2.54. The van der Waals surface area contributed by atoms with Crippen LogP contribution in [0.4, 0.5) is 4.79 Å². The zero-order valence-corrected chi connectivity index (χ0v) is 19.2. The summed E-state index contributed by atoms with van der Waals surface area (Å²) in [6.07, 6.45) is 0.512. The molecule has 2 aromatic rings. The van der Waals surface area contributed by atoms with Crippen molar-refractivity contribution in [3.8, 4) is 11.1 Å². The fourth-order valence-electron chi connectivity index (χ4n) is 4.47. The number of carboxylic acids is 1. The second-order valence-electron chi connectivity index (χ2n) is 10.2. The number of carbonyl (C=O) groups is 3. The molecule has 2 aromatic carbocycles. The number of alkyl carbamates (subject to hydrolysis) is 1. The van der Waals surface area contributed by atoms with Crippen molar-refractivity contribution in [3.63, 3.8) is 0 Å². The van der Waals surface area contributed by atoms with Gasteiger partial charge in [-0.2, -0.15) is 0 Å². The van der Waals surface area contributed by atoms with E-state index < -0.39 is 29.6 Å². The Kier molecular flexibility index (Phi) is 5.91. The summed E-state index contributed by atoms with van der Waals surface area (Å²) in [5.74, 6) is -1.64. The molecular formula is C26H30N2O5. The molecule has 0 saturated heterocycles. The summed E-state index contributed by atoms with van der Waals surface area (Å²) in [6.45, 7) is 5.89. The topological polar surface area (TPSA) is 105 Å².